The third-order valence-electron chi connectivity index (χ3n) is 3.46. The van der Waals surface area contributed by atoms with Gasteiger partial charge < -0.3 is 9.72 Å². The molecule has 3 rings (SSSR count). The summed E-state index contributed by atoms with van der Waals surface area (Å²) in [6.07, 6.45) is -4.41. The molecule has 0 spiro atoms. The zero-order valence-corrected chi connectivity index (χ0v) is 11.6. The van der Waals surface area contributed by atoms with Crippen LogP contribution < -0.4 is 0 Å². The molecule has 0 saturated heterocycles. The van der Waals surface area contributed by atoms with Crippen LogP contribution in [0, 0.1) is 0 Å². The number of hydrogen-bond donors (Lipinski definition) is 1. The number of carbonyl (C=O) groups is 1. The molecule has 0 aliphatic heterocycles. The highest BCUT2D eigenvalue weighted by Crippen LogP contribution is 2.34. The molecule has 114 valence electrons. The van der Waals surface area contributed by atoms with Crippen LogP contribution in [0.1, 0.15) is 22.8 Å². The molecule has 0 aliphatic rings. The summed E-state index contributed by atoms with van der Waals surface area (Å²) in [7, 11) is 0. The summed E-state index contributed by atoms with van der Waals surface area (Å²) < 4.78 is 43.3. The van der Waals surface area contributed by atoms with E-state index in [0.717, 1.165) is 12.1 Å². The topological polar surface area (TPSA) is 42.1 Å². The number of halogens is 3. The summed E-state index contributed by atoms with van der Waals surface area (Å²) in [6, 6.07) is 8.51. The van der Waals surface area contributed by atoms with Gasteiger partial charge in [0, 0.05) is 16.3 Å². The predicted molar refractivity (Wildman–Crippen MR) is 76.8 cm³/mol. The molecule has 3 nitrogen and oxygen atoms in total. The van der Waals surface area contributed by atoms with Crippen molar-refractivity contribution in [3.05, 3.63) is 47.5 Å². The van der Waals surface area contributed by atoms with Gasteiger partial charge in [0.1, 0.15) is 0 Å². The lowest BCUT2D eigenvalue weighted by atomic mass is 10.1. The van der Waals surface area contributed by atoms with Gasteiger partial charge >= 0.3 is 12.1 Å². The van der Waals surface area contributed by atoms with Gasteiger partial charge in [0.25, 0.3) is 0 Å². The van der Waals surface area contributed by atoms with Crippen molar-refractivity contribution in [2.24, 2.45) is 0 Å². The van der Waals surface area contributed by atoms with E-state index in [4.69, 9.17) is 4.74 Å². The van der Waals surface area contributed by atoms with E-state index < -0.39 is 17.7 Å². The molecule has 6 heteroatoms. The summed E-state index contributed by atoms with van der Waals surface area (Å²) in [5.74, 6) is -0.504. The van der Waals surface area contributed by atoms with Crippen LogP contribution in [0.15, 0.2) is 36.4 Å². The Hall–Kier alpha value is -2.50. The fraction of sp³-hybridized carbons (Fsp3) is 0.188. The fourth-order valence-corrected chi connectivity index (χ4v) is 2.48. The normalized spacial score (nSPS) is 12.0. The van der Waals surface area contributed by atoms with Crippen LogP contribution in [-0.4, -0.2) is 17.6 Å². The van der Waals surface area contributed by atoms with Crippen LogP contribution in [-0.2, 0) is 10.9 Å². The van der Waals surface area contributed by atoms with Crippen molar-refractivity contribution in [3.8, 4) is 0 Å². The summed E-state index contributed by atoms with van der Waals surface area (Å²) in [6.45, 7) is 1.92. The van der Waals surface area contributed by atoms with Crippen molar-refractivity contribution in [1.82, 2.24) is 4.98 Å². The van der Waals surface area contributed by atoms with Crippen LogP contribution in [0.3, 0.4) is 0 Å². The van der Waals surface area contributed by atoms with Gasteiger partial charge in [-0.1, -0.05) is 18.2 Å². The molecular formula is C16H12F3NO2. The number of benzene rings is 2. The van der Waals surface area contributed by atoms with Crippen LogP contribution in [0.2, 0.25) is 0 Å². The van der Waals surface area contributed by atoms with E-state index in [1.54, 1.807) is 25.1 Å². The number of aromatic nitrogens is 1. The quantitative estimate of drug-likeness (QED) is 0.707. The van der Waals surface area contributed by atoms with Gasteiger partial charge in [-0.15, -0.1) is 0 Å². The number of para-hydroxylation sites is 1. The fourth-order valence-electron chi connectivity index (χ4n) is 2.48. The second-order valence-electron chi connectivity index (χ2n) is 4.83. The van der Waals surface area contributed by atoms with Gasteiger partial charge in [0.15, 0.2) is 0 Å². The van der Waals surface area contributed by atoms with Crippen molar-refractivity contribution in [1.29, 1.82) is 0 Å². The molecule has 0 atom stereocenters. The van der Waals surface area contributed by atoms with E-state index in [9.17, 15) is 18.0 Å². The summed E-state index contributed by atoms with van der Waals surface area (Å²) in [4.78, 5) is 14.8. The van der Waals surface area contributed by atoms with E-state index in [0.29, 0.717) is 27.4 Å². The highest BCUT2D eigenvalue weighted by molar-refractivity contribution is 6.14. The highest BCUT2D eigenvalue weighted by atomic mass is 19.4. The SMILES string of the molecule is CCOC(=O)c1cccc2c1[nH]c1cc(C(F)(F)F)ccc12. The third kappa shape index (κ3) is 2.30. The van der Waals surface area contributed by atoms with Crippen molar-refractivity contribution in [2.75, 3.05) is 6.61 Å². The van der Waals surface area contributed by atoms with Crippen LogP contribution in [0.4, 0.5) is 13.2 Å². The maximum absolute atomic E-state index is 12.8. The van der Waals surface area contributed by atoms with E-state index in [1.165, 1.54) is 6.07 Å². The number of carbonyl (C=O) groups excluding carboxylic acids is 1. The third-order valence-corrected chi connectivity index (χ3v) is 3.46. The molecule has 0 aliphatic carbocycles. The lowest BCUT2D eigenvalue weighted by Crippen LogP contribution is -2.05. The second kappa shape index (κ2) is 5.05. The van der Waals surface area contributed by atoms with Crippen molar-refractivity contribution in [3.63, 3.8) is 0 Å². The average molecular weight is 307 g/mol. The Morgan fingerprint density at radius 2 is 1.95 bits per heavy atom. The van der Waals surface area contributed by atoms with E-state index in [2.05, 4.69) is 4.98 Å². The summed E-state index contributed by atoms with van der Waals surface area (Å²) >= 11 is 0. The Morgan fingerprint density at radius 1 is 1.18 bits per heavy atom. The van der Waals surface area contributed by atoms with Crippen molar-refractivity contribution >= 4 is 27.8 Å². The molecule has 22 heavy (non-hydrogen) atoms. The number of esters is 1. The largest absolute Gasteiger partial charge is 0.462 e. The zero-order valence-electron chi connectivity index (χ0n) is 11.6. The first kappa shape index (κ1) is 14.4. The molecule has 2 aromatic carbocycles. The molecule has 0 bridgehead atoms. The molecule has 0 radical (unpaired) electrons. The summed E-state index contributed by atoms with van der Waals surface area (Å²) in [5, 5.41) is 1.32. The number of aromatic amines is 1. The van der Waals surface area contributed by atoms with Crippen LogP contribution in [0.5, 0.6) is 0 Å². The molecule has 3 aromatic rings. The number of ether oxygens (including phenoxy) is 1. The number of alkyl halides is 3. The Labute approximate surface area is 123 Å². The van der Waals surface area contributed by atoms with Gasteiger partial charge in [0.05, 0.1) is 23.3 Å². The lowest BCUT2D eigenvalue weighted by Gasteiger charge is -2.05. The Balaban J connectivity index is 2.25. The van der Waals surface area contributed by atoms with Gasteiger partial charge in [-0.3, -0.25) is 0 Å². The minimum Gasteiger partial charge on any atom is -0.462 e. The Bertz CT molecular complexity index is 865. The number of H-pyrrole nitrogens is 1. The zero-order chi connectivity index (χ0) is 15.9. The minimum atomic E-state index is -4.41. The highest BCUT2D eigenvalue weighted by Gasteiger charge is 2.30. The van der Waals surface area contributed by atoms with Crippen LogP contribution in [0.25, 0.3) is 21.8 Å². The van der Waals surface area contributed by atoms with E-state index >= 15 is 0 Å². The number of nitrogens with one attached hydrogen (secondary N) is 1. The molecule has 1 N–H and O–H groups in total. The van der Waals surface area contributed by atoms with Crippen molar-refractivity contribution < 1.29 is 22.7 Å². The number of fused-ring (bicyclic) bond motifs is 3. The maximum Gasteiger partial charge on any atom is 0.416 e. The van der Waals surface area contributed by atoms with E-state index in [-0.39, 0.29) is 6.61 Å². The summed E-state index contributed by atoms with van der Waals surface area (Å²) in [5.41, 5.74) is 0.394. The molecule has 0 fully saturated rings. The molecule has 1 aromatic heterocycles. The van der Waals surface area contributed by atoms with Crippen molar-refractivity contribution in [2.45, 2.75) is 13.1 Å². The molecule has 0 unspecified atom stereocenters. The molecule has 1 heterocycles. The van der Waals surface area contributed by atoms with Gasteiger partial charge in [-0.2, -0.15) is 13.2 Å². The Kier molecular flexibility index (Phi) is 3.31. The Morgan fingerprint density at radius 3 is 2.64 bits per heavy atom. The monoisotopic (exact) mass is 307 g/mol. The molecule has 0 amide bonds. The van der Waals surface area contributed by atoms with Gasteiger partial charge in [-0.25, -0.2) is 4.79 Å². The van der Waals surface area contributed by atoms with E-state index in [1.807, 2.05) is 0 Å². The van der Waals surface area contributed by atoms with Crippen LogP contribution >= 0.6 is 0 Å². The number of rotatable bonds is 2. The standard InChI is InChI=1S/C16H12F3NO2/c1-2-22-15(21)12-5-3-4-11-10-7-6-9(16(17,18)19)8-13(10)20-14(11)12/h3-8,20H,2H2,1H3. The number of hydrogen-bond acceptors (Lipinski definition) is 2. The minimum absolute atomic E-state index is 0.230. The lowest BCUT2D eigenvalue weighted by molar-refractivity contribution is -0.137. The second-order valence-corrected chi connectivity index (χ2v) is 4.83. The molecule has 0 saturated carbocycles. The van der Waals surface area contributed by atoms with Gasteiger partial charge in [-0.05, 0) is 25.1 Å². The average Bonchev–Trinajstić information content (AvgIpc) is 2.84. The first-order chi connectivity index (χ1) is 10.4. The molecular weight excluding hydrogens is 295 g/mol. The predicted octanol–water partition coefficient (Wildman–Crippen LogP) is 4.52. The smallest absolute Gasteiger partial charge is 0.416 e. The van der Waals surface area contributed by atoms with Gasteiger partial charge in [0.2, 0.25) is 0 Å². The first-order valence-corrected chi connectivity index (χ1v) is 6.70. The maximum atomic E-state index is 12.8. The first-order valence-electron chi connectivity index (χ1n) is 6.70.